The zero-order valence-corrected chi connectivity index (χ0v) is 22.5. The van der Waals surface area contributed by atoms with Crippen LogP contribution in [0.3, 0.4) is 0 Å². The summed E-state index contributed by atoms with van der Waals surface area (Å²) in [4.78, 5) is 41.3. The van der Waals surface area contributed by atoms with E-state index in [1.807, 2.05) is 0 Å². The number of aromatic nitrogens is 3. The van der Waals surface area contributed by atoms with Crippen molar-refractivity contribution in [1.29, 1.82) is 0 Å². The molecule has 2 amide bonds. The number of aliphatic carboxylic acids is 1. The lowest BCUT2D eigenvalue weighted by Gasteiger charge is -2.13. The van der Waals surface area contributed by atoms with E-state index in [1.54, 1.807) is 0 Å². The SMILES string of the molecule is O=C(O)Cc1nc(NC(=O)CCN2C(=O)C(=Cc3cc(-c4cc(C(F)(F)F)cc(C(F)(F)F)c4)cs3)SC2=S)n[nH]1. The number of thioether (sulfide) groups is 1. The van der Waals surface area contributed by atoms with Gasteiger partial charge >= 0.3 is 18.3 Å². The number of nitrogens with one attached hydrogen (secondary N) is 2. The minimum atomic E-state index is -4.99. The number of carboxylic acids is 1. The van der Waals surface area contributed by atoms with E-state index in [0.29, 0.717) is 17.0 Å². The van der Waals surface area contributed by atoms with Crippen molar-refractivity contribution < 1.29 is 45.8 Å². The number of nitrogens with zero attached hydrogens (tertiary/aromatic N) is 3. The second-order valence-corrected chi connectivity index (χ2v) is 11.0. The average Bonchev–Trinajstić information content (AvgIpc) is 3.57. The molecule has 1 saturated heterocycles. The van der Waals surface area contributed by atoms with Crippen molar-refractivity contribution in [3.63, 3.8) is 0 Å². The Labute approximate surface area is 239 Å². The van der Waals surface area contributed by atoms with Gasteiger partial charge in [0.15, 0.2) is 0 Å². The van der Waals surface area contributed by atoms with Gasteiger partial charge in [-0.2, -0.15) is 31.3 Å². The first kappa shape index (κ1) is 30.2. The van der Waals surface area contributed by atoms with Crippen LogP contribution < -0.4 is 5.32 Å². The van der Waals surface area contributed by atoms with Gasteiger partial charge in [0.1, 0.15) is 16.6 Å². The number of hydrogen-bond donors (Lipinski definition) is 3. The predicted molar refractivity (Wildman–Crippen MR) is 141 cm³/mol. The molecule has 0 unspecified atom stereocenters. The highest BCUT2D eigenvalue weighted by atomic mass is 32.2. The maximum atomic E-state index is 13.2. The first-order chi connectivity index (χ1) is 19.1. The van der Waals surface area contributed by atoms with Gasteiger partial charge in [0.05, 0.1) is 16.0 Å². The van der Waals surface area contributed by atoms with Crippen LogP contribution in [0.15, 0.2) is 34.6 Å². The molecule has 0 aliphatic carbocycles. The first-order valence-electron chi connectivity index (χ1n) is 11.2. The second kappa shape index (κ2) is 11.6. The number of carbonyl (C=O) groups is 3. The van der Waals surface area contributed by atoms with Crippen molar-refractivity contribution in [3.8, 4) is 11.1 Å². The zero-order valence-electron chi connectivity index (χ0n) is 20.1. The van der Waals surface area contributed by atoms with E-state index in [0.717, 1.165) is 28.0 Å². The van der Waals surface area contributed by atoms with Crippen molar-refractivity contribution in [2.45, 2.75) is 25.2 Å². The highest BCUT2D eigenvalue weighted by Gasteiger charge is 2.37. The summed E-state index contributed by atoms with van der Waals surface area (Å²) < 4.78 is 79.5. The Hall–Kier alpha value is -3.77. The summed E-state index contributed by atoms with van der Waals surface area (Å²) in [5, 5.41) is 18.5. The van der Waals surface area contributed by atoms with Crippen LogP contribution in [0.2, 0.25) is 0 Å². The number of carboxylic acid groups (broad SMARTS) is 1. The zero-order chi connectivity index (χ0) is 30.1. The third-order valence-electron chi connectivity index (χ3n) is 5.35. The topological polar surface area (TPSA) is 128 Å². The molecule has 216 valence electrons. The Morgan fingerprint density at radius 1 is 1.07 bits per heavy atom. The van der Waals surface area contributed by atoms with Gasteiger partial charge in [-0.3, -0.25) is 29.7 Å². The lowest BCUT2D eigenvalue weighted by molar-refractivity contribution is -0.143. The molecule has 4 rings (SSSR count). The summed E-state index contributed by atoms with van der Waals surface area (Å²) in [5.41, 5.74) is -3.07. The molecule has 0 radical (unpaired) electrons. The van der Waals surface area contributed by atoms with Gasteiger partial charge in [-0.1, -0.05) is 24.0 Å². The van der Waals surface area contributed by atoms with Gasteiger partial charge in [0, 0.05) is 17.8 Å². The standard InChI is InChI=1S/C23H15F6N5O4S3/c24-22(25,26)12-3-10(4-13(6-12)23(27,28)29)11-5-14(40-9-11)7-15-19(38)34(21(39)41-15)2-1-17(35)31-20-30-16(32-33-20)8-18(36)37/h3-7,9H,1-2,8H2,(H,36,37)(H2,30,31,32,33,35). The molecule has 9 nitrogen and oxygen atoms in total. The van der Waals surface area contributed by atoms with Gasteiger partial charge in [0.2, 0.25) is 11.9 Å². The van der Waals surface area contributed by atoms with Crippen LogP contribution in [0.5, 0.6) is 0 Å². The number of amides is 2. The molecule has 3 aromatic rings. The Kier molecular flexibility index (Phi) is 8.55. The van der Waals surface area contributed by atoms with E-state index in [1.165, 1.54) is 17.5 Å². The molecular weight excluding hydrogens is 620 g/mol. The number of benzene rings is 1. The summed E-state index contributed by atoms with van der Waals surface area (Å²) in [5.74, 6) is -2.38. The molecule has 0 saturated carbocycles. The predicted octanol–water partition coefficient (Wildman–Crippen LogP) is 5.43. The first-order valence-corrected chi connectivity index (χ1v) is 13.3. The van der Waals surface area contributed by atoms with Crippen molar-refractivity contribution in [2.24, 2.45) is 0 Å². The van der Waals surface area contributed by atoms with Gasteiger partial charge in [-0.25, -0.2) is 0 Å². The number of alkyl halides is 6. The quantitative estimate of drug-likeness (QED) is 0.170. The fourth-order valence-electron chi connectivity index (χ4n) is 3.50. The highest BCUT2D eigenvalue weighted by molar-refractivity contribution is 8.26. The maximum absolute atomic E-state index is 13.2. The Bertz CT molecular complexity index is 1530. The Morgan fingerprint density at radius 2 is 1.73 bits per heavy atom. The Morgan fingerprint density at radius 3 is 2.34 bits per heavy atom. The average molecular weight is 636 g/mol. The number of thiocarbonyl (C=S) groups is 1. The normalized spacial score (nSPS) is 15.2. The van der Waals surface area contributed by atoms with Crippen LogP contribution in [0.25, 0.3) is 17.2 Å². The highest BCUT2D eigenvalue weighted by Crippen LogP contribution is 2.40. The molecule has 41 heavy (non-hydrogen) atoms. The van der Waals surface area contributed by atoms with E-state index in [-0.39, 0.29) is 51.2 Å². The summed E-state index contributed by atoms with van der Waals surface area (Å²) >= 11 is 7.14. The van der Waals surface area contributed by atoms with E-state index < -0.39 is 47.7 Å². The molecule has 2 aromatic heterocycles. The number of anilines is 1. The van der Waals surface area contributed by atoms with Crippen LogP contribution in [0.1, 0.15) is 28.2 Å². The van der Waals surface area contributed by atoms with Crippen LogP contribution in [0, 0.1) is 0 Å². The van der Waals surface area contributed by atoms with Gasteiger partial charge in [0.25, 0.3) is 5.91 Å². The molecule has 1 aromatic carbocycles. The molecule has 0 spiro atoms. The van der Waals surface area contributed by atoms with Gasteiger partial charge in [-0.15, -0.1) is 16.4 Å². The van der Waals surface area contributed by atoms with Gasteiger partial charge < -0.3 is 5.11 Å². The lowest BCUT2D eigenvalue weighted by atomic mass is 10.0. The number of thiophene rings is 1. The lowest BCUT2D eigenvalue weighted by Crippen LogP contribution is -2.31. The largest absolute Gasteiger partial charge is 0.481 e. The minimum absolute atomic E-state index is 0.0282. The number of hydrogen-bond acceptors (Lipinski definition) is 8. The van der Waals surface area contributed by atoms with Crippen molar-refractivity contribution in [1.82, 2.24) is 20.1 Å². The molecule has 3 N–H and O–H groups in total. The summed E-state index contributed by atoms with van der Waals surface area (Å²) in [7, 11) is 0. The molecule has 1 aliphatic rings. The summed E-state index contributed by atoms with van der Waals surface area (Å²) in [6.07, 6.45) is -9.20. The molecule has 1 fully saturated rings. The van der Waals surface area contributed by atoms with Gasteiger partial charge in [-0.05, 0) is 46.8 Å². The number of H-pyrrole nitrogens is 1. The van der Waals surface area contributed by atoms with E-state index in [4.69, 9.17) is 17.3 Å². The third kappa shape index (κ3) is 7.50. The Balaban J connectivity index is 1.44. The smallest absolute Gasteiger partial charge is 0.416 e. The third-order valence-corrected chi connectivity index (χ3v) is 7.61. The minimum Gasteiger partial charge on any atom is -0.481 e. The van der Waals surface area contributed by atoms with Crippen LogP contribution in [0.4, 0.5) is 32.3 Å². The number of halogens is 6. The van der Waals surface area contributed by atoms with E-state index >= 15 is 0 Å². The molecular formula is C23H15F6N5O4S3. The van der Waals surface area contributed by atoms with Crippen molar-refractivity contribution >= 4 is 69.4 Å². The number of aromatic amines is 1. The van der Waals surface area contributed by atoms with E-state index in [9.17, 15) is 40.7 Å². The molecule has 0 bridgehead atoms. The fourth-order valence-corrected chi connectivity index (χ4v) is 5.72. The van der Waals surface area contributed by atoms with Crippen LogP contribution in [-0.4, -0.2) is 53.8 Å². The summed E-state index contributed by atoms with van der Waals surface area (Å²) in [6.45, 7) is -0.111. The van der Waals surface area contributed by atoms with Crippen LogP contribution in [-0.2, 0) is 33.2 Å². The van der Waals surface area contributed by atoms with Crippen LogP contribution >= 0.6 is 35.3 Å². The van der Waals surface area contributed by atoms with Crippen molar-refractivity contribution in [2.75, 3.05) is 11.9 Å². The molecule has 18 heteroatoms. The monoisotopic (exact) mass is 635 g/mol. The number of rotatable bonds is 8. The second-order valence-electron chi connectivity index (χ2n) is 8.34. The maximum Gasteiger partial charge on any atom is 0.416 e. The number of carbonyl (C=O) groups excluding carboxylic acids is 2. The summed E-state index contributed by atoms with van der Waals surface area (Å²) in [6, 6.07) is 2.65. The van der Waals surface area contributed by atoms with E-state index in [2.05, 4.69) is 20.5 Å². The van der Waals surface area contributed by atoms with Crippen molar-refractivity contribution in [3.05, 3.63) is 56.4 Å². The molecule has 0 atom stereocenters. The molecule has 3 heterocycles. The molecule has 1 aliphatic heterocycles. The fraction of sp³-hybridized carbons (Fsp3) is 0.217.